The molecule has 0 aromatic heterocycles. The lowest BCUT2D eigenvalue weighted by Crippen LogP contribution is -2.44. The van der Waals surface area contributed by atoms with Crippen molar-refractivity contribution in [3.63, 3.8) is 0 Å². The van der Waals surface area contributed by atoms with Crippen LogP contribution < -0.4 is 0 Å². The molecular weight excluding hydrogens is 202 g/mol. The van der Waals surface area contributed by atoms with Gasteiger partial charge in [0, 0.05) is 25.6 Å². The normalized spacial score (nSPS) is 38.8. The maximum absolute atomic E-state index is 10.1. The van der Waals surface area contributed by atoms with Gasteiger partial charge in [-0.25, -0.2) is 0 Å². The fourth-order valence-electron chi connectivity index (χ4n) is 2.78. The third-order valence-corrected chi connectivity index (χ3v) is 4.37. The molecule has 2 fully saturated rings. The van der Waals surface area contributed by atoms with Crippen LogP contribution in [0.1, 0.15) is 26.7 Å². The summed E-state index contributed by atoms with van der Waals surface area (Å²) in [5.41, 5.74) is 0. The Morgan fingerprint density at radius 1 is 1.31 bits per heavy atom. The molecule has 2 aliphatic heterocycles. The minimum Gasteiger partial charge on any atom is -0.391 e. The van der Waals surface area contributed by atoms with Gasteiger partial charge in [-0.05, 0) is 31.2 Å². The number of rotatable bonds is 3. The molecular formula is C13H25NO2. The van der Waals surface area contributed by atoms with Gasteiger partial charge in [0.15, 0.2) is 0 Å². The Morgan fingerprint density at radius 3 is 2.75 bits per heavy atom. The second-order valence-electron chi connectivity index (χ2n) is 5.69. The van der Waals surface area contributed by atoms with Crippen molar-refractivity contribution in [1.82, 2.24) is 4.90 Å². The molecule has 2 saturated heterocycles. The Bertz CT molecular complexity index is 216. The van der Waals surface area contributed by atoms with Crippen LogP contribution in [0.15, 0.2) is 0 Å². The van der Waals surface area contributed by atoms with Crippen molar-refractivity contribution in [2.45, 2.75) is 32.8 Å². The fourth-order valence-corrected chi connectivity index (χ4v) is 2.78. The summed E-state index contributed by atoms with van der Waals surface area (Å²) in [5, 5.41) is 10.1. The number of aliphatic hydroxyl groups excluding tert-OH is 1. The van der Waals surface area contributed by atoms with Crippen molar-refractivity contribution in [3.8, 4) is 0 Å². The molecule has 0 saturated carbocycles. The highest BCUT2D eigenvalue weighted by Crippen LogP contribution is 2.24. The summed E-state index contributed by atoms with van der Waals surface area (Å²) in [6.45, 7) is 9.37. The summed E-state index contributed by atoms with van der Waals surface area (Å²) >= 11 is 0. The maximum atomic E-state index is 10.1. The van der Waals surface area contributed by atoms with E-state index in [2.05, 4.69) is 18.7 Å². The molecule has 3 heteroatoms. The Hall–Kier alpha value is -0.120. The zero-order chi connectivity index (χ0) is 11.5. The smallest absolute Gasteiger partial charge is 0.0718 e. The van der Waals surface area contributed by atoms with E-state index in [0.29, 0.717) is 5.92 Å². The van der Waals surface area contributed by atoms with Crippen LogP contribution in [0.3, 0.4) is 0 Å². The monoisotopic (exact) mass is 227 g/mol. The van der Waals surface area contributed by atoms with Gasteiger partial charge in [-0.15, -0.1) is 0 Å². The molecule has 3 nitrogen and oxygen atoms in total. The van der Waals surface area contributed by atoms with Crippen molar-refractivity contribution < 1.29 is 9.84 Å². The van der Waals surface area contributed by atoms with E-state index in [1.165, 1.54) is 6.42 Å². The van der Waals surface area contributed by atoms with Crippen LogP contribution >= 0.6 is 0 Å². The predicted octanol–water partition coefficient (Wildman–Crippen LogP) is 1.36. The van der Waals surface area contributed by atoms with E-state index in [9.17, 15) is 5.11 Å². The third-order valence-electron chi connectivity index (χ3n) is 4.37. The second kappa shape index (κ2) is 5.48. The topological polar surface area (TPSA) is 32.7 Å². The van der Waals surface area contributed by atoms with Crippen LogP contribution in [0.4, 0.5) is 0 Å². The van der Waals surface area contributed by atoms with E-state index in [1.54, 1.807) is 0 Å². The second-order valence-corrected chi connectivity index (χ2v) is 5.69. The molecule has 0 aromatic rings. The number of hydrogen-bond acceptors (Lipinski definition) is 3. The molecule has 0 aliphatic carbocycles. The minimum atomic E-state index is -0.192. The van der Waals surface area contributed by atoms with Gasteiger partial charge >= 0.3 is 0 Å². The number of nitrogens with zero attached hydrogens (tertiary/aromatic N) is 1. The van der Waals surface area contributed by atoms with Crippen LogP contribution in [-0.4, -0.2) is 49.0 Å². The average Bonchev–Trinajstić information content (AvgIpc) is 2.77. The van der Waals surface area contributed by atoms with Gasteiger partial charge in [-0.1, -0.05) is 13.8 Å². The summed E-state index contributed by atoms with van der Waals surface area (Å²) in [5.74, 6) is 1.97. The van der Waals surface area contributed by atoms with Gasteiger partial charge in [0.1, 0.15) is 0 Å². The molecule has 0 spiro atoms. The van der Waals surface area contributed by atoms with Gasteiger partial charge in [-0.2, -0.15) is 0 Å². The van der Waals surface area contributed by atoms with Crippen molar-refractivity contribution in [3.05, 3.63) is 0 Å². The summed E-state index contributed by atoms with van der Waals surface area (Å²) in [6, 6.07) is 0. The first kappa shape index (κ1) is 12.3. The van der Waals surface area contributed by atoms with E-state index in [1.807, 2.05) is 0 Å². The minimum absolute atomic E-state index is 0.192. The Morgan fingerprint density at radius 2 is 2.12 bits per heavy atom. The van der Waals surface area contributed by atoms with Crippen LogP contribution in [-0.2, 0) is 4.74 Å². The van der Waals surface area contributed by atoms with Crippen LogP contribution in [0.25, 0.3) is 0 Å². The molecule has 94 valence electrons. The number of piperidine rings is 1. The largest absolute Gasteiger partial charge is 0.391 e. The number of ether oxygens (including phenoxy) is 1. The molecule has 1 N–H and O–H groups in total. The number of likely N-dealkylation sites (tertiary alicyclic amines) is 1. The zero-order valence-electron chi connectivity index (χ0n) is 10.6. The van der Waals surface area contributed by atoms with E-state index in [4.69, 9.17) is 4.74 Å². The van der Waals surface area contributed by atoms with Gasteiger partial charge < -0.3 is 14.7 Å². The Kier molecular flexibility index (Phi) is 4.22. The molecule has 4 atom stereocenters. The Balaban J connectivity index is 1.76. The van der Waals surface area contributed by atoms with E-state index in [0.717, 1.165) is 51.1 Å². The lowest BCUT2D eigenvalue weighted by atomic mass is 9.88. The van der Waals surface area contributed by atoms with Gasteiger partial charge in [0.05, 0.1) is 12.7 Å². The first-order valence-corrected chi connectivity index (χ1v) is 6.65. The number of hydrogen-bond donors (Lipinski definition) is 1. The molecule has 2 aliphatic rings. The summed E-state index contributed by atoms with van der Waals surface area (Å²) < 4.78 is 5.33. The summed E-state index contributed by atoms with van der Waals surface area (Å²) in [6.07, 6.45) is 2.11. The van der Waals surface area contributed by atoms with E-state index < -0.39 is 0 Å². The highest BCUT2D eigenvalue weighted by atomic mass is 16.5. The lowest BCUT2D eigenvalue weighted by molar-refractivity contribution is 0.0340. The third kappa shape index (κ3) is 2.96. The van der Waals surface area contributed by atoms with Crippen molar-refractivity contribution in [2.24, 2.45) is 17.8 Å². The Labute approximate surface area is 98.8 Å². The molecule has 0 aromatic carbocycles. The number of aliphatic hydroxyl groups is 1. The maximum Gasteiger partial charge on any atom is 0.0718 e. The number of β-amino-alcohol motifs (C(OH)–C–C–N with tert-alkyl or cyclic N) is 1. The van der Waals surface area contributed by atoms with Crippen molar-refractivity contribution in [1.29, 1.82) is 0 Å². The molecule has 4 unspecified atom stereocenters. The van der Waals surface area contributed by atoms with E-state index >= 15 is 0 Å². The molecule has 2 heterocycles. The van der Waals surface area contributed by atoms with Gasteiger partial charge in [-0.3, -0.25) is 0 Å². The molecule has 16 heavy (non-hydrogen) atoms. The SMILES string of the molecule is CC1CCN(CC(O)C2CCOC2)CC1C. The lowest BCUT2D eigenvalue weighted by Gasteiger charge is -2.37. The zero-order valence-corrected chi connectivity index (χ0v) is 10.6. The highest BCUT2D eigenvalue weighted by molar-refractivity contribution is 4.80. The van der Waals surface area contributed by atoms with Crippen molar-refractivity contribution in [2.75, 3.05) is 32.8 Å². The van der Waals surface area contributed by atoms with Gasteiger partial charge in [0.25, 0.3) is 0 Å². The predicted molar refractivity (Wildman–Crippen MR) is 64.3 cm³/mol. The molecule has 0 radical (unpaired) electrons. The van der Waals surface area contributed by atoms with Crippen LogP contribution in [0.2, 0.25) is 0 Å². The highest BCUT2D eigenvalue weighted by Gasteiger charge is 2.28. The van der Waals surface area contributed by atoms with E-state index in [-0.39, 0.29) is 6.10 Å². The molecule has 0 bridgehead atoms. The average molecular weight is 227 g/mol. The summed E-state index contributed by atoms with van der Waals surface area (Å²) in [4.78, 5) is 2.42. The fraction of sp³-hybridized carbons (Fsp3) is 1.00. The quantitative estimate of drug-likeness (QED) is 0.790. The standard InChI is InChI=1S/C13H25NO2/c1-10-3-5-14(7-11(10)2)8-13(15)12-4-6-16-9-12/h10-13,15H,3-9H2,1-2H3. The first-order valence-electron chi connectivity index (χ1n) is 6.65. The molecule has 0 amide bonds. The van der Waals surface area contributed by atoms with Gasteiger partial charge in [0.2, 0.25) is 0 Å². The molecule has 2 rings (SSSR count). The van der Waals surface area contributed by atoms with Crippen LogP contribution in [0, 0.1) is 17.8 Å². The summed E-state index contributed by atoms with van der Waals surface area (Å²) in [7, 11) is 0. The first-order chi connectivity index (χ1) is 7.66. The van der Waals surface area contributed by atoms with Crippen molar-refractivity contribution >= 4 is 0 Å². The van der Waals surface area contributed by atoms with Crippen LogP contribution in [0.5, 0.6) is 0 Å².